The summed E-state index contributed by atoms with van der Waals surface area (Å²) < 4.78 is 4.83. The first kappa shape index (κ1) is 12.5. The number of carboxylic acid groups (broad SMARTS) is 1. The van der Waals surface area contributed by atoms with E-state index in [4.69, 9.17) is 15.6 Å². The summed E-state index contributed by atoms with van der Waals surface area (Å²) in [5, 5.41) is 8.72. The van der Waals surface area contributed by atoms with Crippen molar-refractivity contribution in [1.82, 2.24) is 4.90 Å². The van der Waals surface area contributed by atoms with Gasteiger partial charge in [0.15, 0.2) is 0 Å². The zero-order chi connectivity index (χ0) is 12.1. The minimum atomic E-state index is -1.05. The average Bonchev–Trinajstić information content (AvgIpc) is 2.28. The second kappa shape index (κ2) is 5.50. The van der Waals surface area contributed by atoms with Crippen LogP contribution in [0, 0.1) is 0 Å². The number of carbonyl (C=O) groups is 2. The topological polar surface area (TPSA) is 92.9 Å². The van der Waals surface area contributed by atoms with E-state index >= 15 is 0 Å². The third-order valence-corrected chi connectivity index (χ3v) is 2.44. The molecule has 16 heavy (non-hydrogen) atoms. The van der Waals surface area contributed by atoms with E-state index in [0.717, 1.165) is 0 Å². The Morgan fingerprint density at radius 3 is 2.81 bits per heavy atom. The lowest BCUT2D eigenvalue weighted by molar-refractivity contribution is -0.137. The second-order valence-corrected chi connectivity index (χ2v) is 3.49. The Kier molecular flexibility index (Phi) is 4.30. The molecule has 0 aliphatic carbocycles. The van der Waals surface area contributed by atoms with Crippen LogP contribution >= 0.6 is 0 Å². The first-order valence-corrected chi connectivity index (χ1v) is 5.15. The predicted octanol–water partition coefficient (Wildman–Crippen LogP) is 0.187. The number of hydrogen-bond donors (Lipinski definition) is 2. The van der Waals surface area contributed by atoms with Gasteiger partial charge in [-0.2, -0.15) is 0 Å². The van der Waals surface area contributed by atoms with Crippen molar-refractivity contribution >= 4 is 12.1 Å². The van der Waals surface area contributed by atoms with Gasteiger partial charge in [-0.15, -0.1) is 0 Å². The number of rotatable bonds is 3. The highest BCUT2D eigenvalue weighted by Crippen LogP contribution is 2.14. The lowest BCUT2D eigenvalue weighted by Crippen LogP contribution is -2.40. The summed E-state index contributed by atoms with van der Waals surface area (Å²) in [4.78, 5) is 23.5. The van der Waals surface area contributed by atoms with Crippen molar-refractivity contribution in [2.24, 2.45) is 5.73 Å². The molecular formula is C10H16N2O4. The number of nitrogens with zero attached hydrogens (tertiary/aromatic N) is 1. The minimum absolute atomic E-state index is 0.334. The van der Waals surface area contributed by atoms with E-state index < -0.39 is 12.0 Å². The highest BCUT2D eigenvalue weighted by Gasteiger charge is 2.23. The number of carboxylic acids is 1. The lowest BCUT2D eigenvalue weighted by atomic mass is 10.0. The SMILES string of the molecule is CCOC(=O)N1CC=C(C(N)C(=O)O)CC1. The zero-order valence-corrected chi connectivity index (χ0v) is 9.18. The smallest absolute Gasteiger partial charge is 0.410 e. The van der Waals surface area contributed by atoms with Gasteiger partial charge in [-0.3, -0.25) is 4.79 Å². The predicted molar refractivity (Wildman–Crippen MR) is 56.9 cm³/mol. The maximum atomic E-state index is 11.3. The van der Waals surface area contributed by atoms with Gasteiger partial charge in [-0.25, -0.2) is 4.79 Å². The molecule has 6 nitrogen and oxygen atoms in total. The standard InChI is InChI=1S/C10H16N2O4/c1-2-16-10(15)12-5-3-7(4-6-12)8(11)9(13)14/h3,8H,2,4-6,11H2,1H3,(H,13,14). The highest BCUT2D eigenvalue weighted by atomic mass is 16.6. The maximum absolute atomic E-state index is 11.3. The summed E-state index contributed by atoms with van der Waals surface area (Å²) in [5.74, 6) is -1.05. The lowest BCUT2D eigenvalue weighted by Gasteiger charge is -2.26. The number of nitrogens with two attached hydrogens (primary N) is 1. The summed E-state index contributed by atoms with van der Waals surface area (Å²) >= 11 is 0. The number of amides is 1. The van der Waals surface area contributed by atoms with Crippen LogP contribution in [0.3, 0.4) is 0 Å². The van der Waals surface area contributed by atoms with Gasteiger partial charge >= 0.3 is 12.1 Å². The molecule has 1 aliphatic rings. The van der Waals surface area contributed by atoms with E-state index in [9.17, 15) is 9.59 Å². The third-order valence-electron chi connectivity index (χ3n) is 2.44. The summed E-state index contributed by atoms with van der Waals surface area (Å²) in [6.45, 7) is 2.88. The third kappa shape index (κ3) is 2.96. The van der Waals surface area contributed by atoms with Crippen molar-refractivity contribution in [1.29, 1.82) is 0 Å². The molecule has 0 aromatic rings. The Balaban J connectivity index is 2.54. The van der Waals surface area contributed by atoms with Gasteiger partial charge in [0, 0.05) is 13.1 Å². The Labute approximate surface area is 93.7 Å². The van der Waals surface area contributed by atoms with E-state index in [0.29, 0.717) is 31.7 Å². The van der Waals surface area contributed by atoms with E-state index in [1.54, 1.807) is 13.0 Å². The van der Waals surface area contributed by atoms with Crippen molar-refractivity contribution < 1.29 is 19.4 Å². The number of carbonyl (C=O) groups excluding carboxylic acids is 1. The minimum Gasteiger partial charge on any atom is -0.480 e. The van der Waals surface area contributed by atoms with Crippen LogP contribution in [0.2, 0.25) is 0 Å². The van der Waals surface area contributed by atoms with Crippen LogP contribution in [0.4, 0.5) is 4.79 Å². The van der Waals surface area contributed by atoms with E-state index in [2.05, 4.69) is 0 Å². The first-order chi connectivity index (χ1) is 7.56. The van der Waals surface area contributed by atoms with Crippen LogP contribution < -0.4 is 5.73 Å². The largest absolute Gasteiger partial charge is 0.480 e. The second-order valence-electron chi connectivity index (χ2n) is 3.49. The number of aliphatic carboxylic acids is 1. The molecule has 0 fully saturated rings. The summed E-state index contributed by atoms with van der Waals surface area (Å²) in [6.07, 6.45) is 1.78. The van der Waals surface area contributed by atoms with E-state index in [1.807, 2.05) is 0 Å². The molecule has 1 unspecified atom stereocenters. The monoisotopic (exact) mass is 228 g/mol. The van der Waals surface area contributed by atoms with Gasteiger partial charge in [0.25, 0.3) is 0 Å². The fraction of sp³-hybridized carbons (Fsp3) is 0.600. The normalized spacial score (nSPS) is 17.6. The molecule has 90 valence electrons. The van der Waals surface area contributed by atoms with Crippen molar-refractivity contribution in [2.75, 3.05) is 19.7 Å². The Hall–Kier alpha value is -1.56. The molecule has 1 amide bonds. The molecule has 0 spiro atoms. The molecule has 0 aromatic heterocycles. The van der Waals surface area contributed by atoms with E-state index in [-0.39, 0.29) is 6.09 Å². The fourth-order valence-electron chi connectivity index (χ4n) is 1.51. The summed E-state index contributed by atoms with van der Waals surface area (Å²) in [5.41, 5.74) is 6.13. The molecule has 1 aliphatic heterocycles. The number of hydrogen-bond acceptors (Lipinski definition) is 4. The van der Waals surface area contributed by atoms with Gasteiger partial charge in [0.1, 0.15) is 6.04 Å². The molecule has 0 bridgehead atoms. The summed E-state index contributed by atoms with van der Waals surface area (Å²) in [7, 11) is 0. The Morgan fingerprint density at radius 2 is 2.38 bits per heavy atom. The van der Waals surface area contributed by atoms with Crippen molar-refractivity contribution in [2.45, 2.75) is 19.4 Å². The quantitative estimate of drug-likeness (QED) is 0.672. The molecule has 3 N–H and O–H groups in total. The van der Waals surface area contributed by atoms with Crippen molar-refractivity contribution in [3.63, 3.8) is 0 Å². The fourth-order valence-corrected chi connectivity index (χ4v) is 1.51. The first-order valence-electron chi connectivity index (χ1n) is 5.15. The molecule has 0 aromatic carbocycles. The molecule has 6 heteroatoms. The van der Waals surface area contributed by atoms with Crippen LogP contribution in [0.25, 0.3) is 0 Å². The molecule has 1 atom stereocenters. The van der Waals surface area contributed by atoms with Gasteiger partial charge in [0.05, 0.1) is 6.61 Å². The van der Waals surface area contributed by atoms with Gasteiger partial charge in [0.2, 0.25) is 0 Å². The van der Waals surface area contributed by atoms with Gasteiger partial charge in [-0.05, 0) is 18.9 Å². The van der Waals surface area contributed by atoms with Crippen molar-refractivity contribution in [3.8, 4) is 0 Å². The van der Waals surface area contributed by atoms with Crippen LogP contribution in [0.15, 0.2) is 11.6 Å². The molecule has 0 saturated carbocycles. The summed E-state index contributed by atoms with van der Waals surface area (Å²) in [6, 6.07) is -0.968. The van der Waals surface area contributed by atoms with E-state index in [1.165, 1.54) is 4.90 Å². The maximum Gasteiger partial charge on any atom is 0.410 e. The van der Waals surface area contributed by atoms with Crippen molar-refractivity contribution in [3.05, 3.63) is 11.6 Å². The highest BCUT2D eigenvalue weighted by molar-refractivity contribution is 5.77. The zero-order valence-electron chi connectivity index (χ0n) is 9.18. The van der Waals surface area contributed by atoms with Crippen LogP contribution in [-0.4, -0.2) is 47.8 Å². The van der Waals surface area contributed by atoms with Crippen LogP contribution in [-0.2, 0) is 9.53 Å². The molecule has 1 heterocycles. The van der Waals surface area contributed by atoms with Crippen LogP contribution in [0.5, 0.6) is 0 Å². The van der Waals surface area contributed by atoms with Crippen LogP contribution in [0.1, 0.15) is 13.3 Å². The molecular weight excluding hydrogens is 212 g/mol. The van der Waals surface area contributed by atoms with Gasteiger partial charge in [-0.1, -0.05) is 6.08 Å². The average molecular weight is 228 g/mol. The number of ether oxygens (including phenoxy) is 1. The molecule has 1 rings (SSSR count). The van der Waals surface area contributed by atoms with Gasteiger partial charge < -0.3 is 20.5 Å². The Bertz CT molecular complexity index is 314. The Morgan fingerprint density at radius 1 is 1.69 bits per heavy atom. The molecule has 0 radical (unpaired) electrons. The molecule has 0 saturated heterocycles.